The minimum Gasteiger partial charge on any atom is -0.322 e. The van der Waals surface area contributed by atoms with E-state index in [2.05, 4.69) is 43.4 Å². The second-order valence-electron chi connectivity index (χ2n) is 11.8. The molecule has 6 aromatic rings. The molecule has 0 amide bonds. The molecular weight excluding hydrogens is 564 g/mol. The van der Waals surface area contributed by atoms with Gasteiger partial charge in [0.1, 0.15) is 0 Å². The normalized spacial score (nSPS) is 13.0. The molecule has 0 radical (unpaired) electrons. The van der Waals surface area contributed by atoms with Gasteiger partial charge in [-0.15, -0.1) is 20.4 Å². The standard InChI is InChI=1S/C30H34N10O4/c1-7-9-13-39-21-15(17-19-23(31-33-25(17)39)35(3)29(43)37(5)27(19)41)11-12-16-18-20-24(36(4)30(44)38(6)28(20)42)32-34-26(18)40(22(16)21)14-10-8-2/h7-14H2,1-6H3. The van der Waals surface area contributed by atoms with Crippen molar-refractivity contribution in [2.75, 3.05) is 0 Å². The zero-order valence-electron chi connectivity index (χ0n) is 25.8. The Bertz CT molecular complexity index is 2280. The van der Waals surface area contributed by atoms with E-state index in [4.69, 9.17) is 0 Å². The van der Waals surface area contributed by atoms with Gasteiger partial charge in [0.25, 0.3) is 11.1 Å². The van der Waals surface area contributed by atoms with Crippen molar-refractivity contribution in [1.82, 2.24) is 47.8 Å². The molecule has 7 rings (SSSR count). The number of unbranched alkanes of at least 4 members (excludes halogenated alkanes) is 2. The molecule has 1 aliphatic carbocycles. The summed E-state index contributed by atoms with van der Waals surface area (Å²) in [5, 5.41) is 20.3. The van der Waals surface area contributed by atoms with Crippen LogP contribution in [0.2, 0.25) is 0 Å². The average molecular weight is 599 g/mol. The number of hydrogen-bond acceptors (Lipinski definition) is 8. The first kappa shape index (κ1) is 27.9. The fraction of sp³-hybridized carbons (Fsp3) is 0.467. The van der Waals surface area contributed by atoms with Gasteiger partial charge in [-0.2, -0.15) is 0 Å². The zero-order chi connectivity index (χ0) is 31.2. The Balaban J connectivity index is 1.71. The van der Waals surface area contributed by atoms with Crippen molar-refractivity contribution in [3.63, 3.8) is 0 Å². The second kappa shape index (κ2) is 9.82. The van der Waals surface area contributed by atoms with E-state index in [9.17, 15) is 19.2 Å². The first-order chi connectivity index (χ1) is 21.1. The van der Waals surface area contributed by atoms with Crippen molar-refractivity contribution in [3.8, 4) is 11.4 Å². The number of aryl methyl sites for hydroxylation is 6. The number of aromatic nitrogens is 10. The highest BCUT2D eigenvalue weighted by Gasteiger charge is 2.34. The van der Waals surface area contributed by atoms with Crippen LogP contribution < -0.4 is 22.5 Å². The maximum atomic E-state index is 13.7. The molecule has 228 valence electrons. The van der Waals surface area contributed by atoms with Crippen LogP contribution in [0.15, 0.2) is 19.2 Å². The summed E-state index contributed by atoms with van der Waals surface area (Å²) in [7, 11) is 6.16. The molecule has 44 heavy (non-hydrogen) atoms. The van der Waals surface area contributed by atoms with Crippen LogP contribution >= 0.6 is 0 Å². The van der Waals surface area contributed by atoms with E-state index in [-0.39, 0.29) is 11.3 Å². The van der Waals surface area contributed by atoms with Crippen molar-refractivity contribution in [2.24, 2.45) is 28.2 Å². The molecule has 0 N–H and O–H groups in total. The molecule has 0 saturated heterocycles. The van der Waals surface area contributed by atoms with Crippen LogP contribution in [0, 0.1) is 0 Å². The lowest BCUT2D eigenvalue weighted by atomic mass is 9.91. The summed E-state index contributed by atoms with van der Waals surface area (Å²) in [5.41, 5.74) is 3.76. The van der Waals surface area contributed by atoms with Gasteiger partial charge in [-0.25, -0.2) is 9.59 Å². The molecule has 0 fully saturated rings. The van der Waals surface area contributed by atoms with Crippen molar-refractivity contribution >= 4 is 44.1 Å². The summed E-state index contributed by atoms with van der Waals surface area (Å²) in [6.45, 7) is 5.53. The van der Waals surface area contributed by atoms with Gasteiger partial charge in [0.2, 0.25) is 0 Å². The lowest BCUT2D eigenvalue weighted by Gasteiger charge is -2.20. The third kappa shape index (κ3) is 3.47. The van der Waals surface area contributed by atoms with Gasteiger partial charge in [0.15, 0.2) is 22.6 Å². The summed E-state index contributed by atoms with van der Waals surface area (Å²) in [6.07, 6.45) is 4.78. The average Bonchev–Trinajstić information content (AvgIpc) is 3.53. The quantitative estimate of drug-likeness (QED) is 0.281. The second-order valence-corrected chi connectivity index (χ2v) is 11.8. The first-order valence-corrected chi connectivity index (χ1v) is 15.1. The highest BCUT2D eigenvalue weighted by Crippen LogP contribution is 2.45. The minimum atomic E-state index is -0.459. The zero-order valence-corrected chi connectivity index (χ0v) is 25.8. The highest BCUT2D eigenvalue weighted by atomic mass is 16.2. The fourth-order valence-electron chi connectivity index (χ4n) is 6.92. The van der Waals surface area contributed by atoms with Crippen LogP contribution in [0.25, 0.3) is 55.5 Å². The van der Waals surface area contributed by atoms with Crippen molar-refractivity contribution in [1.29, 1.82) is 0 Å². The molecule has 0 unspecified atom stereocenters. The Kier molecular flexibility index (Phi) is 6.23. The first-order valence-electron chi connectivity index (χ1n) is 15.1. The highest BCUT2D eigenvalue weighted by molar-refractivity contribution is 6.11. The lowest BCUT2D eigenvalue weighted by molar-refractivity contribution is 0.623. The topological polar surface area (TPSA) is 149 Å². The van der Waals surface area contributed by atoms with Crippen molar-refractivity contribution < 1.29 is 0 Å². The van der Waals surface area contributed by atoms with Crippen LogP contribution in [-0.4, -0.2) is 47.8 Å². The molecule has 6 aromatic heterocycles. The Morgan fingerprint density at radius 2 is 0.886 bits per heavy atom. The molecule has 14 nitrogen and oxygen atoms in total. The van der Waals surface area contributed by atoms with E-state index in [1.807, 2.05) is 0 Å². The molecule has 0 aliphatic heterocycles. The summed E-state index contributed by atoms with van der Waals surface area (Å²) < 4.78 is 9.27. The molecule has 1 aliphatic rings. The van der Waals surface area contributed by atoms with Crippen LogP contribution in [0.3, 0.4) is 0 Å². The Labute approximate surface area is 249 Å². The van der Waals surface area contributed by atoms with Gasteiger partial charge in [0, 0.05) is 52.1 Å². The predicted molar refractivity (Wildman–Crippen MR) is 167 cm³/mol. The molecule has 0 spiro atoms. The van der Waals surface area contributed by atoms with E-state index in [0.717, 1.165) is 57.3 Å². The van der Waals surface area contributed by atoms with Crippen LogP contribution in [-0.2, 0) is 54.1 Å². The molecule has 6 heterocycles. The van der Waals surface area contributed by atoms with E-state index in [1.165, 1.54) is 23.2 Å². The van der Waals surface area contributed by atoms with Gasteiger partial charge in [-0.1, -0.05) is 26.7 Å². The van der Waals surface area contributed by atoms with Crippen molar-refractivity contribution in [3.05, 3.63) is 52.8 Å². The summed E-state index contributed by atoms with van der Waals surface area (Å²) in [6, 6.07) is 0. The Morgan fingerprint density at radius 1 is 0.523 bits per heavy atom. The predicted octanol–water partition coefficient (Wildman–Crippen LogP) is 1.64. The molecule has 0 saturated carbocycles. The summed E-state index contributed by atoms with van der Waals surface area (Å²) in [5.74, 6) is 0. The summed E-state index contributed by atoms with van der Waals surface area (Å²) in [4.78, 5) is 52.9. The van der Waals surface area contributed by atoms with E-state index in [1.54, 1.807) is 14.1 Å². The molecule has 0 aromatic carbocycles. The van der Waals surface area contributed by atoms with Crippen molar-refractivity contribution in [2.45, 2.75) is 65.5 Å². The van der Waals surface area contributed by atoms with Gasteiger partial charge >= 0.3 is 11.4 Å². The Hall–Kier alpha value is -4.88. The van der Waals surface area contributed by atoms with Crippen LogP contribution in [0.1, 0.15) is 50.7 Å². The molecular formula is C30H34N10O4. The van der Waals surface area contributed by atoms with E-state index < -0.39 is 22.5 Å². The fourth-order valence-corrected chi connectivity index (χ4v) is 6.92. The molecule has 14 heteroatoms. The largest absolute Gasteiger partial charge is 0.332 e. The van der Waals surface area contributed by atoms with Gasteiger partial charge < -0.3 is 9.13 Å². The number of hydrogen-bond donors (Lipinski definition) is 0. The van der Waals surface area contributed by atoms with Gasteiger partial charge in [0.05, 0.1) is 22.2 Å². The Morgan fingerprint density at radius 3 is 1.25 bits per heavy atom. The van der Waals surface area contributed by atoms with Crippen LogP contribution in [0.4, 0.5) is 0 Å². The molecule has 0 atom stereocenters. The third-order valence-corrected chi connectivity index (χ3v) is 9.24. The maximum absolute atomic E-state index is 13.7. The summed E-state index contributed by atoms with van der Waals surface area (Å²) >= 11 is 0. The smallest absolute Gasteiger partial charge is 0.322 e. The van der Waals surface area contributed by atoms with Gasteiger partial charge in [-0.3, -0.25) is 27.9 Å². The maximum Gasteiger partial charge on any atom is 0.332 e. The third-order valence-electron chi connectivity index (χ3n) is 9.24. The lowest BCUT2D eigenvalue weighted by Crippen LogP contribution is -2.37. The number of fused-ring (bicyclic) bond motifs is 11. The molecule has 0 bridgehead atoms. The minimum absolute atomic E-state index is 0.250. The van der Waals surface area contributed by atoms with E-state index >= 15 is 0 Å². The monoisotopic (exact) mass is 598 g/mol. The number of nitrogens with zero attached hydrogens (tertiary/aromatic N) is 10. The SMILES string of the molecule is CCCCn1c2c(c3c4c(=O)n(C)c(=O)n(C)c4nnc31)CCc1c-2n(CCCC)c2nnc3c(c(=O)n(C)c(=O)n3C)c12. The van der Waals surface area contributed by atoms with Gasteiger partial charge in [-0.05, 0) is 36.8 Å². The van der Waals surface area contributed by atoms with E-state index in [0.29, 0.717) is 58.8 Å². The van der Waals surface area contributed by atoms with Crippen LogP contribution in [0.5, 0.6) is 0 Å². The number of rotatable bonds is 6.